The van der Waals surface area contributed by atoms with Crippen LogP contribution in [0.1, 0.15) is 43.9 Å². The van der Waals surface area contributed by atoms with Crippen LogP contribution in [0, 0.1) is 0 Å². The van der Waals surface area contributed by atoms with Gasteiger partial charge in [0.2, 0.25) is 5.91 Å². The Morgan fingerprint density at radius 2 is 2.35 bits per heavy atom. The molecule has 2 atom stereocenters. The average Bonchev–Trinajstić information content (AvgIpc) is 3.04. The summed E-state index contributed by atoms with van der Waals surface area (Å²) >= 11 is 1.76. The van der Waals surface area contributed by atoms with E-state index in [1.165, 1.54) is 19.3 Å². The molecule has 2 aliphatic heterocycles. The first kappa shape index (κ1) is 13.9. The van der Waals surface area contributed by atoms with Gasteiger partial charge in [-0.3, -0.25) is 10.1 Å². The van der Waals surface area contributed by atoms with Gasteiger partial charge in [-0.2, -0.15) is 0 Å². The van der Waals surface area contributed by atoms with E-state index >= 15 is 0 Å². The molecule has 3 rings (SSSR count). The lowest BCUT2D eigenvalue weighted by Crippen LogP contribution is -2.43. The normalized spacial score (nSPS) is 23.9. The van der Waals surface area contributed by atoms with Crippen molar-refractivity contribution in [1.29, 1.82) is 0 Å². The van der Waals surface area contributed by atoms with Crippen LogP contribution in [-0.2, 0) is 17.8 Å². The van der Waals surface area contributed by atoms with Crippen LogP contribution in [-0.4, -0.2) is 38.3 Å². The van der Waals surface area contributed by atoms with Gasteiger partial charge >= 0.3 is 0 Å². The van der Waals surface area contributed by atoms with Gasteiger partial charge in [0, 0.05) is 24.6 Å². The lowest BCUT2D eigenvalue weighted by atomic mass is 10.2. The molecule has 7 heteroatoms. The molecule has 0 saturated carbocycles. The SMILES string of the molecule is CC(NC(=O)C1CSCN1)c1nnc2n1CCCCC2. The molecule has 0 bridgehead atoms. The molecule has 1 amide bonds. The van der Waals surface area contributed by atoms with E-state index in [0.29, 0.717) is 0 Å². The minimum absolute atomic E-state index is 0.0634. The third-order valence-corrected chi connectivity index (χ3v) is 4.86. The second-order valence-electron chi connectivity index (χ2n) is 5.44. The maximum atomic E-state index is 12.1. The molecule has 0 spiro atoms. The molecule has 0 aliphatic carbocycles. The van der Waals surface area contributed by atoms with E-state index in [4.69, 9.17) is 0 Å². The smallest absolute Gasteiger partial charge is 0.238 e. The summed E-state index contributed by atoms with van der Waals surface area (Å²) in [5, 5.41) is 14.8. The van der Waals surface area contributed by atoms with Crippen molar-refractivity contribution in [2.75, 3.05) is 11.6 Å². The Balaban J connectivity index is 1.69. The number of fused-ring (bicyclic) bond motifs is 1. The van der Waals surface area contributed by atoms with E-state index in [1.807, 2.05) is 6.92 Å². The highest BCUT2D eigenvalue weighted by atomic mass is 32.2. The Kier molecular flexibility index (Phi) is 4.26. The summed E-state index contributed by atoms with van der Waals surface area (Å²) in [6, 6.07) is -0.164. The highest BCUT2D eigenvalue weighted by Crippen LogP contribution is 2.19. The number of hydrogen-bond acceptors (Lipinski definition) is 5. The van der Waals surface area contributed by atoms with Gasteiger partial charge in [-0.25, -0.2) is 0 Å². The topological polar surface area (TPSA) is 71.8 Å². The van der Waals surface area contributed by atoms with Gasteiger partial charge in [-0.1, -0.05) is 6.42 Å². The number of aromatic nitrogens is 3. The summed E-state index contributed by atoms with van der Waals surface area (Å²) in [6.45, 7) is 2.96. The van der Waals surface area contributed by atoms with Gasteiger partial charge in [0.1, 0.15) is 5.82 Å². The Morgan fingerprint density at radius 1 is 1.45 bits per heavy atom. The van der Waals surface area contributed by atoms with E-state index in [9.17, 15) is 4.79 Å². The first-order valence-electron chi connectivity index (χ1n) is 7.29. The molecule has 20 heavy (non-hydrogen) atoms. The van der Waals surface area contributed by atoms with Gasteiger partial charge < -0.3 is 9.88 Å². The van der Waals surface area contributed by atoms with E-state index in [1.54, 1.807) is 11.8 Å². The summed E-state index contributed by atoms with van der Waals surface area (Å²) in [5.41, 5.74) is 0. The third-order valence-electron chi connectivity index (χ3n) is 3.92. The van der Waals surface area contributed by atoms with Crippen LogP contribution in [0.4, 0.5) is 0 Å². The van der Waals surface area contributed by atoms with Gasteiger partial charge in [0.05, 0.1) is 12.1 Å². The highest BCUT2D eigenvalue weighted by Gasteiger charge is 2.26. The third kappa shape index (κ3) is 2.83. The molecule has 1 aromatic rings. The standard InChI is InChI=1S/C13H21N5OS/c1-9(15-13(19)10-7-20-8-14-10)12-17-16-11-5-3-2-4-6-18(11)12/h9-10,14H,2-8H2,1H3,(H,15,19). The Labute approximate surface area is 123 Å². The summed E-state index contributed by atoms with van der Waals surface area (Å²) in [5.74, 6) is 3.71. The van der Waals surface area contributed by atoms with Crippen molar-refractivity contribution in [1.82, 2.24) is 25.4 Å². The van der Waals surface area contributed by atoms with Gasteiger partial charge in [-0.05, 0) is 19.8 Å². The Hall–Kier alpha value is -1.08. The number of nitrogens with one attached hydrogen (secondary N) is 2. The molecule has 0 radical (unpaired) electrons. The van der Waals surface area contributed by atoms with Crippen molar-refractivity contribution < 1.29 is 4.79 Å². The van der Waals surface area contributed by atoms with E-state index in [-0.39, 0.29) is 18.0 Å². The zero-order chi connectivity index (χ0) is 13.9. The fourth-order valence-corrected chi connectivity index (χ4v) is 3.71. The molecule has 2 N–H and O–H groups in total. The summed E-state index contributed by atoms with van der Waals surface area (Å²) in [4.78, 5) is 12.1. The lowest BCUT2D eigenvalue weighted by Gasteiger charge is -2.17. The molecule has 0 aromatic carbocycles. The molecule has 1 fully saturated rings. The molecule has 3 heterocycles. The molecule has 2 aliphatic rings. The van der Waals surface area contributed by atoms with E-state index in [0.717, 1.165) is 36.2 Å². The van der Waals surface area contributed by atoms with Crippen LogP contribution in [0.25, 0.3) is 0 Å². The predicted molar refractivity (Wildman–Crippen MR) is 78.4 cm³/mol. The van der Waals surface area contributed by atoms with Gasteiger partial charge in [0.15, 0.2) is 5.82 Å². The van der Waals surface area contributed by atoms with Crippen LogP contribution in [0.2, 0.25) is 0 Å². The summed E-state index contributed by atoms with van der Waals surface area (Å²) < 4.78 is 2.19. The average molecular weight is 295 g/mol. The van der Waals surface area contributed by atoms with Crippen molar-refractivity contribution in [3.05, 3.63) is 11.6 Å². The second kappa shape index (κ2) is 6.13. The molecule has 1 saturated heterocycles. The van der Waals surface area contributed by atoms with Gasteiger partial charge in [0.25, 0.3) is 0 Å². The Morgan fingerprint density at radius 3 is 3.15 bits per heavy atom. The maximum Gasteiger partial charge on any atom is 0.238 e. The molecular weight excluding hydrogens is 274 g/mol. The van der Waals surface area contributed by atoms with Crippen LogP contribution < -0.4 is 10.6 Å². The van der Waals surface area contributed by atoms with Crippen molar-refractivity contribution in [3.8, 4) is 0 Å². The van der Waals surface area contributed by atoms with Crippen molar-refractivity contribution in [3.63, 3.8) is 0 Å². The molecule has 110 valence electrons. The quantitative estimate of drug-likeness (QED) is 0.865. The number of nitrogens with zero attached hydrogens (tertiary/aromatic N) is 3. The maximum absolute atomic E-state index is 12.1. The molecular formula is C13H21N5OS. The minimum Gasteiger partial charge on any atom is -0.345 e. The number of carbonyl (C=O) groups excluding carboxylic acids is 1. The van der Waals surface area contributed by atoms with Crippen molar-refractivity contribution in [2.45, 2.75) is 51.2 Å². The van der Waals surface area contributed by atoms with Crippen LogP contribution >= 0.6 is 11.8 Å². The minimum atomic E-state index is -0.0887. The van der Waals surface area contributed by atoms with Crippen LogP contribution in [0.15, 0.2) is 0 Å². The van der Waals surface area contributed by atoms with Gasteiger partial charge in [-0.15, -0.1) is 22.0 Å². The fourth-order valence-electron chi connectivity index (χ4n) is 2.77. The van der Waals surface area contributed by atoms with E-state index < -0.39 is 0 Å². The van der Waals surface area contributed by atoms with Crippen molar-refractivity contribution >= 4 is 17.7 Å². The number of aryl methyl sites for hydroxylation is 1. The Bertz CT molecular complexity index is 483. The van der Waals surface area contributed by atoms with E-state index in [2.05, 4.69) is 25.4 Å². The molecule has 2 unspecified atom stereocenters. The summed E-state index contributed by atoms with van der Waals surface area (Å²) in [6.07, 6.45) is 4.59. The molecule has 6 nitrogen and oxygen atoms in total. The number of amides is 1. The zero-order valence-electron chi connectivity index (χ0n) is 11.8. The monoisotopic (exact) mass is 295 g/mol. The predicted octanol–water partition coefficient (Wildman–Crippen LogP) is 0.844. The fraction of sp³-hybridized carbons (Fsp3) is 0.769. The lowest BCUT2D eigenvalue weighted by molar-refractivity contribution is -0.123. The number of hydrogen-bond donors (Lipinski definition) is 2. The first-order valence-corrected chi connectivity index (χ1v) is 8.44. The zero-order valence-corrected chi connectivity index (χ0v) is 12.6. The number of rotatable bonds is 3. The molecule has 1 aromatic heterocycles. The van der Waals surface area contributed by atoms with Crippen molar-refractivity contribution in [2.24, 2.45) is 0 Å². The van der Waals surface area contributed by atoms with Crippen LogP contribution in [0.3, 0.4) is 0 Å². The highest BCUT2D eigenvalue weighted by molar-refractivity contribution is 7.99. The second-order valence-corrected chi connectivity index (χ2v) is 6.47. The largest absolute Gasteiger partial charge is 0.345 e. The number of carbonyl (C=O) groups is 1. The summed E-state index contributed by atoms with van der Waals surface area (Å²) in [7, 11) is 0. The van der Waals surface area contributed by atoms with Crippen LogP contribution in [0.5, 0.6) is 0 Å². The number of thioether (sulfide) groups is 1. The first-order chi connectivity index (χ1) is 9.75.